The van der Waals surface area contributed by atoms with Gasteiger partial charge in [0.1, 0.15) is 29.0 Å². The molecule has 2 aliphatic rings. The van der Waals surface area contributed by atoms with E-state index in [1.807, 2.05) is 4.90 Å². The van der Waals surface area contributed by atoms with Crippen LogP contribution in [0.4, 0.5) is 32.2 Å². The summed E-state index contributed by atoms with van der Waals surface area (Å²) in [4.78, 5) is 37.1. The van der Waals surface area contributed by atoms with E-state index in [0.717, 1.165) is 4.90 Å². The number of hydrogen-bond donors (Lipinski definition) is 2. The van der Waals surface area contributed by atoms with E-state index < -0.39 is 54.6 Å². The number of pyridine rings is 1. The van der Waals surface area contributed by atoms with Crippen molar-refractivity contribution in [2.45, 2.75) is 57.5 Å². The molecule has 2 saturated heterocycles. The van der Waals surface area contributed by atoms with Gasteiger partial charge in [-0.15, -0.1) is 0 Å². The minimum Gasteiger partial charge on any atom is -0.480 e. The van der Waals surface area contributed by atoms with E-state index in [1.165, 1.54) is 30.2 Å². The second-order valence-corrected chi connectivity index (χ2v) is 11.8. The molecule has 0 unspecified atom stereocenters. The molecule has 5 heterocycles. The van der Waals surface area contributed by atoms with Gasteiger partial charge in [0.25, 0.3) is 11.8 Å². The molecule has 0 aliphatic carbocycles. The summed E-state index contributed by atoms with van der Waals surface area (Å²) in [6.45, 7) is 0.851. The minimum atomic E-state index is -4.86. The molecule has 2 atom stereocenters. The summed E-state index contributed by atoms with van der Waals surface area (Å²) in [5, 5.41) is 6.79. The number of ether oxygens (including phenoxy) is 1. The molecule has 244 valence electrons. The zero-order chi connectivity index (χ0) is 32.9. The summed E-state index contributed by atoms with van der Waals surface area (Å²) in [5.41, 5.74) is 4.90. The number of aromatic nitrogens is 4. The Bertz CT molecular complexity index is 1600. The van der Waals surface area contributed by atoms with Gasteiger partial charge in [0.2, 0.25) is 11.8 Å². The SMILES string of the molecule is COc1nccc(-c2cc(CN3CCC(F)(F)CC3)c3c(N)ncnn23)c1C(=O)N[C@@H]1CN(C(=O)C(C)(C)C(F)(F)F)C[C@@H]1F. The number of fused-ring (bicyclic) bond motifs is 1. The summed E-state index contributed by atoms with van der Waals surface area (Å²) in [5.74, 6) is -4.93. The third-order valence-corrected chi connectivity index (χ3v) is 8.35. The zero-order valence-corrected chi connectivity index (χ0v) is 24.7. The normalized spacial score (nSPS) is 20.9. The molecular weight excluding hydrogens is 610 g/mol. The average molecular weight is 643 g/mol. The maximum Gasteiger partial charge on any atom is 0.402 e. The Morgan fingerprint density at radius 2 is 1.84 bits per heavy atom. The van der Waals surface area contributed by atoms with Gasteiger partial charge < -0.3 is 20.7 Å². The van der Waals surface area contributed by atoms with Gasteiger partial charge >= 0.3 is 6.18 Å². The molecule has 5 rings (SSSR count). The van der Waals surface area contributed by atoms with Crippen molar-refractivity contribution < 1.29 is 40.7 Å². The highest BCUT2D eigenvalue weighted by Crippen LogP contribution is 2.40. The number of methoxy groups -OCH3 is 1. The predicted molar refractivity (Wildman–Crippen MR) is 149 cm³/mol. The van der Waals surface area contributed by atoms with Crippen LogP contribution in [0.25, 0.3) is 16.8 Å². The van der Waals surface area contributed by atoms with Gasteiger partial charge in [-0.05, 0) is 31.5 Å². The van der Waals surface area contributed by atoms with Crippen LogP contribution in [-0.2, 0) is 11.3 Å². The number of hydrogen-bond acceptors (Lipinski definition) is 8. The molecule has 2 fully saturated rings. The molecule has 17 heteroatoms. The lowest BCUT2D eigenvalue weighted by molar-refractivity contribution is -0.216. The lowest BCUT2D eigenvalue weighted by atomic mass is 9.91. The molecular formula is C28H32F6N8O3. The topological polar surface area (TPSA) is 131 Å². The van der Waals surface area contributed by atoms with Crippen molar-refractivity contribution in [2.75, 3.05) is 39.0 Å². The molecule has 3 aromatic heterocycles. The molecule has 0 bridgehead atoms. The zero-order valence-electron chi connectivity index (χ0n) is 24.7. The van der Waals surface area contributed by atoms with Crippen molar-refractivity contribution in [2.24, 2.45) is 5.41 Å². The van der Waals surface area contributed by atoms with Gasteiger partial charge in [-0.2, -0.15) is 18.3 Å². The molecule has 0 spiro atoms. The monoisotopic (exact) mass is 642 g/mol. The molecule has 2 aliphatic heterocycles. The first-order valence-corrected chi connectivity index (χ1v) is 14.1. The lowest BCUT2D eigenvalue weighted by Gasteiger charge is -2.31. The van der Waals surface area contributed by atoms with Crippen molar-refractivity contribution in [3.05, 3.63) is 35.8 Å². The maximum absolute atomic E-state index is 15.1. The van der Waals surface area contributed by atoms with Crippen LogP contribution < -0.4 is 15.8 Å². The quantitative estimate of drug-likeness (QED) is 0.375. The summed E-state index contributed by atoms with van der Waals surface area (Å²) < 4.78 is 89.8. The minimum absolute atomic E-state index is 0.110. The second kappa shape index (κ2) is 11.7. The predicted octanol–water partition coefficient (Wildman–Crippen LogP) is 3.48. The van der Waals surface area contributed by atoms with Gasteiger partial charge in [-0.25, -0.2) is 27.7 Å². The smallest absolute Gasteiger partial charge is 0.402 e. The van der Waals surface area contributed by atoms with E-state index in [-0.39, 0.29) is 55.3 Å². The lowest BCUT2D eigenvalue weighted by Crippen LogP contribution is -2.49. The number of halogens is 6. The summed E-state index contributed by atoms with van der Waals surface area (Å²) in [6.07, 6.45) is -4.73. The van der Waals surface area contributed by atoms with Crippen molar-refractivity contribution in [3.63, 3.8) is 0 Å². The van der Waals surface area contributed by atoms with E-state index in [1.54, 1.807) is 6.07 Å². The maximum atomic E-state index is 15.1. The van der Waals surface area contributed by atoms with Crippen molar-refractivity contribution in [1.82, 2.24) is 34.7 Å². The van der Waals surface area contributed by atoms with Crippen LogP contribution in [0.15, 0.2) is 24.7 Å². The fourth-order valence-electron chi connectivity index (χ4n) is 5.59. The number of nitrogens with two attached hydrogens (primary N) is 1. The van der Waals surface area contributed by atoms with Gasteiger partial charge in [0, 0.05) is 50.8 Å². The molecule has 3 N–H and O–H groups in total. The number of likely N-dealkylation sites (tertiary alicyclic amines) is 2. The number of amides is 2. The average Bonchev–Trinajstić information content (AvgIpc) is 3.53. The van der Waals surface area contributed by atoms with Crippen LogP contribution in [0.2, 0.25) is 0 Å². The Morgan fingerprint density at radius 3 is 2.49 bits per heavy atom. The molecule has 3 aromatic rings. The number of piperidine rings is 1. The molecule has 11 nitrogen and oxygen atoms in total. The van der Waals surface area contributed by atoms with Gasteiger partial charge in [-0.3, -0.25) is 14.5 Å². The second-order valence-electron chi connectivity index (χ2n) is 11.8. The first-order valence-electron chi connectivity index (χ1n) is 14.1. The van der Waals surface area contributed by atoms with Crippen molar-refractivity contribution in [3.8, 4) is 17.1 Å². The highest BCUT2D eigenvalue weighted by Gasteiger charge is 2.56. The van der Waals surface area contributed by atoms with E-state index >= 15 is 4.39 Å². The number of nitrogens with one attached hydrogen (secondary N) is 1. The van der Waals surface area contributed by atoms with E-state index in [9.17, 15) is 31.5 Å². The van der Waals surface area contributed by atoms with Crippen LogP contribution in [0.3, 0.4) is 0 Å². The Labute approximate surface area is 253 Å². The highest BCUT2D eigenvalue weighted by atomic mass is 19.4. The van der Waals surface area contributed by atoms with Crippen molar-refractivity contribution >= 4 is 23.1 Å². The number of carbonyl (C=O) groups is 2. The number of nitrogen functional groups attached to an aromatic ring is 1. The fraction of sp³-hybridized carbons (Fsp3) is 0.536. The van der Waals surface area contributed by atoms with Crippen molar-refractivity contribution in [1.29, 1.82) is 0 Å². The van der Waals surface area contributed by atoms with E-state index in [4.69, 9.17) is 10.5 Å². The van der Waals surface area contributed by atoms with E-state index in [2.05, 4.69) is 20.4 Å². The standard InChI is InChI=1S/C28H32F6N8O3/c1-26(2,28(32,33)34)25(44)41-12-17(29)18(13-41)39-23(43)20-16(4-7-36-24(20)45-3)19-10-15(21-22(35)37-14-38-42(19)21)11-40-8-5-27(30,31)6-9-40/h4,7,10,14,17-18H,5-6,8-9,11-13H2,1-3H3,(H,39,43)(H2,35,37,38)/t17-,18+/m0/s1. The first-order chi connectivity index (χ1) is 21.0. The largest absolute Gasteiger partial charge is 0.480 e. The van der Waals surface area contributed by atoms with Crippen LogP contribution >= 0.6 is 0 Å². The van der Waals surface area contributed by atoms with Crippen LogP contribution in [0, 0.1) is 5.41 Å². The summed E-state index contributed by atoms with van der Waals surface area (Å²) >= 11 is 0. The first kappa shape index (κ1) is 32.2. The Balaban J connectivity index is 1.46. The molecule has 0 saturated carbocycles. The van der Waals surface area contributed by atoms with E-state index in [0.29, 0.717) is 30.6 Å². The van der Waals surface area contributed by atoms with Gasteiger partial charge in [0.05, 0.1) is 25.4 Å². The van der Waals surface area contributed by atoms with Gasteiger partial charge in [0.15, 0.2) is 5.82 Å². The van der Waals surface area contributed by atoms with Gasteiger partial charge in [-0.1, -0.05) is 0 Å². The summed E-state index contributed by atoms with van der Waals surface area (Å²) in [7, 11) is 1.27. The number of rotatable bonds is 7. The van der Waals surface area contributed by atoms with Crippen LogP contribution in [-0.4, -0.2) is 98.8 Å². The molecule has 45 heavy (non-hydrogen) atoms. The molecule has 0 radical (unpaired) electrons. The number of alkyl halides is 6. The number of nitrogens with zero attached hydrogens (tertiary/aromatic N) is 6. The summed E-state index contributed by atoms with van der Waals surface area (Å²) in [6, 6.07) is 1.86. The molecule has 2 amide bonds. The Morgan fingerprint density at radius 1 is 1.16 bits per heavy atom. The van der Waals surface area contributed by atoms with Crippen LogP contribution in [0.5, 0.6) is 5.88 Å². The Hall–Kier alpha value is -4.15. The van der Waals surface area contributed by atoms with Crippen LogP contribution in [0.1, 0.15) is 42.6 Å². The number of carbonyl (C=O) groups excluding carboxylic acids is 2. The number of anilines is 1. The highest BCUT2D eigenvalue weighted by molar-refractivity contribution is 6.03. The third kappa shape index (κ3) is 6.09. The Kier molecular flexibility index (Phi) is 8.35. The molecule has 0 aromatic carbocycles. The third-order valence-electron chi connectivity index (χ3n) is 8.35. The fourth-order valence-corrected chi connectivity index (χ4v) is 5.59.